The predicted molar refractivity (Wildman–Crippen MR) is 89.6 cm³/mol. The smallest absolute Gasteiger partial charge is 0.179 e. The normalized spacial score (nSPS) is 10.7. The monoisotopic (exact) mass is 313 g/mol. The molecular weight excluding hydrogens is 286 g/mol. The van der Waals surface area contributed by atoms with Crippen LogP contribution in [0.2, 0.25) is 5.02 Å². The summed E-state index contributed by atoms with van der Waals surface area (Å²) in [6.45, 7) is 9.26. The molecule has 0 heterocycles. The summed E-state index contributed by atoms with van der Waals surface area (Å²) in [7, 11) is 0. The van der Waals surface area contributed by atoms with Crippen molar-refractivity contribution in [1.29, 1.82) is 0 Å². The third-order valence-corrected chi connectivity index (χ3v) is 3.47. The van der Waals surface area contributed by atoms with E-state index in [0.29, 0.717) is 24.0 Å². The maximum atomic E-state index is 6.36. The summed E-state index contributed by atoms with van der Waals surface area (Å²) in [6, 6.07) is 3.97. The van der Waals surface area contributed by atoms with Gasteiger partial charge in [0.1, 0.15) is 0 Å². The summed E-state index contributed by atoms with van der Waals surface area (Å²) >= 11 is 6.36. The van der Waals surface area contributed by atoms with Gasteiger partial charge in [0.2, 0.25) is 0 Å². The average Bonchev–Trinajstić information content (AvgIpc) is 2.47. The Morgan fingerprint density at radius 1 is 1.05 bits per heavy atom. The first kappa shape index (κ1) is 18.1. The highest BCUT2D eigenvalue weighted by Gasteiger charge is 2.12. The highest BCUT2D eigenvalue weighted by Crippen LogP contribution is 2.36. The second kappa shape index (κ2) is 10.7. The largest absolute Gasteiger partial charge is 0.490 e. The maximum Gasteiger partial charge on any atom is 0.179 e. The number of hydrogen-bond donors (Lipinski definition) is 1. The molecule has 0 aliphatic carbocycles. The number of rotatable bonds is 11. The first-order valence-corrected chi connectivity index (χ1v) is 8.39. The molecule has 0 amide bonds. The molecule has 0 aliphatic rings. The van der Waals surface area contributed by atoms with Crippen molar-refractivity contribution in [2.24, 2.45) is 0 Å². The lowest BCUT2D eigenvalue weighted by molar-refractivity contribution is 0.270. The molecule has 1 aromatic rings. The summed E-state index contributed by atoms with van der Waals surface area (Å²) in [5.41, 5.74) is 1.11. The molecule has 4 heteroatoms. The summed E-state index contributed by atoms with van der Waals surface area (Å²) in [6.07, 6.45) is 4.71. The third-order valence-electron chi connectivity index (χ3n) is 3.19. The van der Waals surface area contributed by atoms with Crippen molar-refractivity contribution in [3.05, 3.63) is 22.7 Å². The van der Waals surface area contributed by atoms with Gasteiger partial charge in [0.05, 0.1) is 18.2 Å². The highest BCUT2D eigenvalue weighted by molar-refractivity contribution is 6.32. The average molecular weight is 314 g/mol. The molecule has 1 rings (SSSR count). The zero-order valence-electron chi connectivity index (χ0n) is 13.5. The minimum Gasteiger partial charge on any atom is -0.490 e. The number of halogens is 1. The maximum absolute atomic E-state index is 6.36. The molecule has 0 unspecified atom stereocenters. The third kappa shape index (κ3) is 6.58. The van der Waals surface area contributed by atoms with Gasteiger partial charge in [-0.15, -0.1) is 0 Å². The standard InChI is InChI=1S/C17H28ClNO2/c1-4-7-8-9-10-21-17-15(18)11-14(13-19-5-2)12-16(17)20-6-3/h11-12,19H,4-10,13H2,1-3H3. The van der Waals surface area contributed by atoms with Crippen LogP contribution in [0, 0.1) is 0 Å². The molecule has 1 N–H and O–H groups in total. The fourth-order valence-corrected chi connectivity index (χ4v) is 2.39. The van der Waals surface area contributed by atoms with Gasteiger partial charge in [0.25, 0.3) is 0 Å². The second-order valence-corrected chi connectivity index (χ2v) is 5.43. The topological polar surface area (TPSA) is 30.5 Å². The van der Waals surface area contributed by atoms with Gasteiger partial charge in [0.15, 0.2) is 11.5 Å². The van der Waals surface area contributed by atoms with Crippen LogP contribution in [0.25, 0.3) is 0 Å². The van der Waals surface area contributed by atoms with E-state index in [0.717, 1.165) is 30.8 Å². The molecule has 0 bridgehead atoms. The molecule has 0 aromatic heterocycles. The van der Waals surface area contributed by atoms with Crippen molar-refractivity contribution in [2.45, 2.75) is 53.0 Å². The van der Waals surface area contributed by atoms with Crippen LogP contribution in [0.1, 0.15) is 52.0 Å². The van der Waals surface area contributed by atoms with Crippen LogP contribution < -0.4 is 14.8 Å². The lowest BCUT2D eigenvalue weighted by atomic mass is 10.2. The summed E-state index contributed by atoms with van der Waals surface area (Å²) in [5, 5.41) is 3.92. The Morgan fingerprint density at radius 2 is 1.86 bits per heavy atom. The van der Waals surface area contributed by atoms with Crippen LogP contribution in [0.3, 0.4) is 0 Å². The van der Waals surface area contributed by atoms with E-state index in [2.05, 4.69) is 19.2 Å². The zero-order chi connectivity index (χ0) is 15.5. The Morgan fingerprint density at radius 3 is 2.52 bits per heavy atom. The van der Waals surface area contributed by atoms with Gasteiger partial charge in [-0.05, 0) is 37.6 Å². The van der Waals surface area contributed by atoms with Crippen molar-refractivity contribution in [1.82, 2.24) is 5.32 Å². The first-order valence-electron chi connectivity index (χ1n) is 8.01. The van der Waals surface area contributed by atoms with E-state index in [9.17, 15) is 0 Å². The van der Waals surface area contributed by atoms with Crippen LogP contribution in [-0.4, -0.2) is 19.8 Å². The van der Waals surface area contributed by atoms with Crippen molar-refractivity contribution in [2.75, 3.05) is 19.8 Å². The van der Waals surface area contributed by atoms with Gasteiger partial charge in [-0.25, -0.2) is 0 Å². The van der Waals surface area contributed by atoms with E-state index < -0.39 is 0 Å². The molecule has 0 spiro atoms. The molecule has 21 heavy (non-hydrogen) atoms. The van der Waals surface area contributed by atoms with Crippen molar-refractivity contribution >= 4 is 11.6 Å². The lowest BCUT2D eigenvalue weighted by Crippen LogP contribution is -2.12. The summed E-state index contributed by atoms with van der Waals surface area (Å²) in [5.74, 6) is 1.42. The molecule has 0 fully saturated rings. The number of benzene rings is 1. The molecule has 0 atom stereocenters. The van der Waals surface area contributed by atoms with E-state index in [1.165, 1.54) is 19.3 Å². The lowest BCUT2D eigenvalue weighted by Gasteiger charge is -2.15. The van der Waals surface area contributed by atoms with Crippen molar-refractivity contribution in [3.8, 4) is 11.5 Å². The first-order chi connectivity index (χ1) is 10.2. The Kier molecular flexibility index (Phi) is 9.27. The van der Waals surface area contributed by atoms with Crippen molar-refractivity contribution in [3.63, 3.8) is 0 Å². The number of ether oxygens (including phenoxy) is 2. The Labute approximate surface area is 134 Å². The fraction of sp³-hybridized carbons (Fsp3) is 0.647. The van der Waals surface area contributed by atoms with E-state index in [1.54, 1.807) is 0 Å². The van der Waals surface area contributed by atoms with E-state index in [-0.39, 0.29) is 0 Å². The summed E-state index contributed by atoms with van der Waals surface area (Å²) in [4.78, 5) is 0. The minimum atomic E-state index is 0.604. The number of unbranched alkanes of at least 4 members (excludes halogenated alkanes) is 3. The van der Waals surface area contributed by atoms with Crippen molar-refractivity contribution < 1.29 is 9.47 Å². The zero-order valence-corrected chi connectivity index (χ0v) is 14.3. The van der Waals surface area contributed by atoms with Gasteiger partial charge in [-0.1, -0.05) is 44.7 Å². The van der Waals surface area contributed by atoms with Crippen LogP contribution >= 0.6 is 11.6 Å². The van der Waals surface area contributed by atoms with Crippen LogP contribution in [0.5, 0.6) is 11.5 Å². The van der Waals surface area contributed by atoms with Crippen LogP contribution in [0.4, 0.5) is 0 Å². The quantitative estimate of drug-likeness (QED) is 0.595. The Balaban J connectivity index is 2.71. The van der Waals surface area contributed by atoms with Gasteiger partial charge in [-0.2, -0.15) is 0 Å². The van der Waals surface area contributed by atoms with Crippen LogP contribution in [-0.2, 0) is 6.54 Å². The van der Waals surface area contributed by atoms with Crippen LogP contribution in [0.15, 0.2) is 12.1 Å². The second-order valence-electron chi connectivity index (χ2n) is 5.03. The molecule has 0 radical (unpaired) electrons. The highest BCUT2D eigenvalue weighted by atomic mass is 35.5. The van der Waals surface area contributed by atoms with Gasteiger partial charge >= 0.3 is 0 Å². The molecule has 0 saturated carbocycles. The number of nitrogens with one attached hydrogen (secondary N) is 1. The number of hydrogen-bond acceptors (Lipinski definition) is 3. The fourth-order valence-electron chi connectivity index (χ4n) is 2.10. The predicted octanol–water partition coefficient (Wildman–Crippen LogP) is 4.81. The Bertz CT molecular complexity index is 410. The minimum absolute atomic E-state index is 0.604. The van der Waals surface area contributed by atoms with Gasteiger partial charge in [-0.3, -0.25) is 0 Å². The molecule has 1 aromatic carbocycles. The molecule has 3 nitrogen and oxygen atoms in total. The molecular formula is C17H28ClNO2. The Hall–Kier alpha value is -0.930. The summed E-state index contributed by atoms with van der Waals surface area (Å²) < 4.78 is 11.5. The molecule has 0 saturated heterocycles. The van der Waals surface area contributed by atoms with E-state index >= 15 is 0 Å². The van der Waals surface area contributed by atoms with Gasteiger partial charge < -0.3 is 14.8 Å². The van der Waals surface area contributed by atoms with E-state index in [4.69, 9.17) is 21.1 Å². The molecule has 0 aliphatic heterocycles. The van der Waals surface area contributed by atoms with E-state index in [1.807, 2.05) is 19.1 Å². The molecule has 120 valence electrons. The SMILES string of the molecule is CCCCCCOc1c(Cl)cc(CNCC)cc1OCC. The van der Waals surface area contributed by atoms with Gasteiger partial charge in [0, 0.05) is 6.54 Å².